The Labute approximate surface area is 208 Å². The highest BCUT2D eigenvalue weighted by molar-refractivity contribution is 9.09. The standard InChI is InChI=1S/C20H27Br2N5O6/c21-13-19(29)25-16-4-3-15(12-17(16)26-20(30)14-22)18(28)2-1-6-31-8-10-33-11-9-32-7-5-24-27-23/h3-4,12H,1-2,5-11,13-14H2,(H,25,29)(H,26,30). The minimum Gasteiger partial charge on any atom is -0.379 e. The van der Waals surface area contributed by atoms with Crippen LogP contribution in [-0.2, 0) is 23.8 Å². The summed E-state index contributed by atoms with van der Waals surface area (Å²) in [5.41, 5.74) is 9.32. The van der Waals surface area contributed by atoms with Crippen molar-refractivity contribution in [1.82, 2.24) is 0 Å². The Balaban J connectivity index is 2.33. The highest BCUT2D eigenvalue weighted by Crippen LogP contribution is 2.24. The predicted octanol–water partition coefficient (Wildman–Crippen LogP) is 3.68. The summed E-state index contributed by atoms with van der Waals surface area (Å²) in [5.74, 6) is -0.674. The number of anilines is 2. The number of ketones is 1. The summed E-state index contributed by atoms with van der Waals surface area (Å²) >= 11 is 6.15. The Morgan fingerprint density at radius 1 is 0.879 bits per heavy atom. The van der Waals surface area contributed by atoms with Gasteiger partial charge >= 0.3 is 0 Å². The number of halogens is 2. The van der Waals surface area contributed by atoms with Crippen LogP contribution in [0.15, 0.2) is 23.3 Å². The molecule has 2 N–H and O–H groups in total. The fourth-order valence-corrected chi connectivity index (χ4v) is 2.75. The monoisotopic (exact) mass is 591 g/mol. The van der Waals surface area contributed by atoms with Gasteiger partial charge in [-0.25, -0.2) is 0 Å². The van der Waals surface area contributed by atoms with E-state index in [1.807, 2.05) is 0 Å². The van der Waals surface area contributed by atoms with Crippen LogP contribution in [0.3, 0.4) is 0 Å². The van der Waals surface area contributed by atoms with Crippen molar-refractivity contribution < 1.29 is 28.6 Å². The molecule has 0 saturated heterocycles. The molecule has 0 saturated carbocycles. The number of nitrogens with zero attached hydrogens (tertiary/aromatic N) is 3. The zero-order valence-corrected chi connectivity index (χ0v) is 21.2. The predicted molar refractivity (Wildman–Crippen MR) is 131 cm³/mol. The third kappa shape index (κ3) is 13.3. The molecule has 0 unspecified atom stereocenters. The van der Waals surface area contributed by atoms with Gasteiger partial charge in [-0.05, 0) is 30.2 Å². The smallest absolute Gasteiger partial charge is 0.235 e. The number of carbonyl (C=O) groups is 3. The Morgan fingerprint density at radius 2 is 1.45 bits per heavy atom. The first-order valence-corrected chi connectivity index (χ1v) is 12.4. The average molecular weight is 593 g/mol. The number of azide groups is 1. The minimum atomic E-state index is -0.302. The van der Waals surface area contributed by atoms with Gasteiger partial charge in [-0.1, -0.05) is 37.0 Å². The largest absolute Gasteiger partial charge is 0.379 e. The number of benzene rings is 1. The number of carbonyl (C=O) groups excluding carboxylic acids is 3. The van der Waals surface area contributed by atoms with Crippen LogP contribution in [-0.4, -0.2) is 74.4 Å². The number of amides is 2. The van der Waals surface area contributed by atoms with Gasteiger partial charge in [0.2, 0.25) is 11.8 Å². The maximum absolute atomic E-state index is 12.5. The van der Waals surface area contributed by atoms with Crippen LogP contribution < -0.4 is 10.6 Å². The van der Waals surface area contributed by atoms with Crippen molar-refractivity contribution in [3.05, 3.63) is 34.2 Å². The number of Topliss-reactive ketones (excluding diaryl/α,β-unsaturated/α-hetero) is 1. The molecule has 0 heterocycles. The van der Waals surface area contributed by atoms with E-state index in [1.54, 1.807) is 18.2 Å². The van der Waals surface area contributed by atoms with Crippen molar-refractivity contribution in [2.45, 2.75) is 12.8 Å². The van der Waals surface area contributed by atoms with E-state index in [-0.39, 0.29) is 34.7 Å². The maximum atomic E-state index is 12.5. The van der Waals surface area contributed by atoms with Crippen molar-refractivity contribution in [2.24, 2.45) is 5.11 Å². The summed E-state index contributed by atoms with van der Waals surface area (Å²) in [7, 11) is 0. The molecule has 0 aromatic heterocycles. The number of alkyl halides is 2. The van der Waals surface area contributed by atoms with Crippen LogP contribution in [0.2, 0.25) is 0 Å². The van der Waals surface area contributed by atoms with E-state index < -0.39 is 0 Å². The molecule has 11 nitrogen and oxygen atoms in total. The van der Waals surface area contributed by atoms with Crippen LogP contribution in [0, 0.1) is 0 Å². The van der Waals surface area contributed by atoms with Crippen LogP contribution in [0.5, 0.6) is 0 Å². The zero-order chi connectivity index (χ0) is 24.3. The molecule has 0 atom stereocenters. The zero-order valence-electron chi connectivity index (χ0n) is 18.1. The molecule has 1 rings (SSSR count). The first-order chi connectivity index (χ1) is 16.0. The van der Waals surface area contributed by atoms with E-state index in [0.29, 0.717) is 69.5 Å². The molecule has 33 heavy (non-hydrogen) atoms. The van der Waals surface area contributed by atoms with Gasteiger partial charge in [-0.2, -0.15) is 0 Å². The summed E-state index contributed by atoms with van der Waals surface area (Å²) in [6.45, 7) is 2.69. The number of nitrogens with one attached hydrogen (secondary N) is 2. The quantitative estimate of drug-likeness (QED) is 0.0662. The van der Waals surface area contributed by atoms with E-state index in [1.165, 1.54) is 0 Å². The van der Waals surface area contributed by atoms with Crippen molar-refractivity contribution >= 4 is 60.8 Å². The number of hydrogen-bond donors (Lipinski definition) is 2. The highest BCUT2D eigenvalue weighted by atomic mass is 79.9. The van der Waals surface area contributed by atoms with Crippen molar-refractivity contribution in [3.63, 3.8) is 0 Å². The van der Waals surface area contributed by atoms with E-state index in [4.69, 9.17) is 19.7 Å². The van der Waals surface area contributed by atoms with E-state index in [9.17, 15) is 14.4 Å². The van der Waals surface area contributed by atoms with Gasteiger partial charge in [0.15, 0.2) is 5.78 Å². The highest BCUT2D eigenvalue weighted by Gasteiger charge is 2.13. The summed E-state index contributed by atoms with van der Waals surface area (Å²) in [6.07, 6.45) is 0.811. The third-order valence-electron chi connectivity index (χ3n) is 3.97. The summed E-state index contributed by atoms with van der Waals surface area (Å²) in [5, 5.41) is 8.88. The SMILES string of the molecule is [N-]=[N+]=NCCOCCOCCOCCCC(=O)c1ccc(NC(=O)CBr)c(NC(=O)CBr)c1. The molecule has 0 aliphatic carbocycles. The number of rotatable bonds is 18. The molecular formula is C20H27Br2N5O6. The Kier molecular flexibility index (Phi) is 16.2. The molecule has 0 aliphatic heterocycles. The lowest BCUT2D eigenvalue weighted by Crippen LogP contribution is -2.18. The normalized spacial score (nSPS) is 10.4. The van der Waals surface area contributed by atoms with E-state index >= 15 is 0 Å². The summed E-state index contributed by atoms with van der Waals surface area (Å²) in [6, 6.07) is 4.75. The molecule has 0 aliphatic rings. The fraction of sp³-hybridized carbons (Fsp3) is 0.550. The molecule has 0 radical (unpaired) electrons. The Morgan fingerprint density at radius 3 is 2.06 bits per heavy atom. The summed E-state index contributed by atoms with van der Waals surface area (Å²) < 4.78 is 16.0. The molecule has 13 heteroatoms. The van der Waals surface area contributed by atoms with Crippen LogP contribution in [0.4, 0.5) is 11.4 Å². The maximum Gasteiger partial charge on any atom is 0.235 e. The molecule has 1 aromatic carbocycles. The second kappa shape index (κ2) is 18.4. The molecule has 1 aromatic rings. The van der Waals surface area contributed by atoms with Crippen molar-refractivity contribution in [1.29, 1.82) is 0 Å². The molecule has 2 amide bonds. The van der Waals surface area contributed by atoms with Gasteiger partial charge in [0.05, 0.1) is 55.1 Å². The first-order valence-electron chi connectivity index (χ1n) is 10.1. The lowest BCUT2D eigenvalue weighted by atomic mass is 10.0. The van der Waals surface area contributed by atoms with Gasteiger partial charge in [0.25, 0.3) is 0 Å². The second-order valence-corrected chi connectivity index (χ2v) is 7.56. The first kappa shape index (κ1) is 29.0. The van der Waals surface area contributed by atoms with Crippen LogP contribution in [0.25, 0.3) is 10.4 Å². The average Bonchev–Trinajstić information content (AvgIpc) is 2.82. The van der Waals surface area contributed by atoms with Crippen LogP contribution >= 0.6 is 31.9 Å². The molecule has 182 valence electrons. The Bertz CT molecular complexity index is 820. The lowest BCUT2D eigenvalue weighted by molar-refractivity contribution is -0.114. The van der Waals surface area contributed by atoms with E-state index in [2.05, 4.69) is 52.5 Å². The van der Waals surface area contributed by atoms with Gasteiger partial charge in [0, 0.05) is 30.0 Å². The van der Waals surface area contributed by atoms with Crippen molar-refractivity contribution in [2.75, 3.05) is 67.5 Å². The molecular weight excluding hydrogens is 566 g/mol. The van der Waals surface area contributed by atoms with Gasteiger partial charge in [-0.15, -0.1) is 0 Å². The second-order valence-electron chi connectivity index (χ2n) is 6.44. The van der Waals surface area contributed by atoms with Gasteiger partial charge in [-0.3, -0.25) is 14.4 Å². The third-order valence-corrected chi connectivity index (χ3v) is 4.99. The van der Waals surface area contributed by atoms with Gasteiger partial charge < -0.3 is 24.8 Å². The molecule has 0 spiro atoms. The molecule has 0 fully saturated rings. The number of ether oxygens (including phenoxy) is 3. The minimum absolute atomic E-state index is 0.0858. The van der Waals surface area contributed by atoms with E-state index in [0.717, 1.165) is 0 Å². The van der Waals surface area contributed by atoms with Gasteiger partial charge in [0.1, 0.15) is 0 Å². The number of hydrogen-bond acceptors (Lipinski definition) is 7. The topological polar surface area (TPSA) is 152 Å². The van der Waals surface area contributed by atoms with Crippen LogP contribution in [0.1, 0.15) is 23.2 Å². The molecule has 0 bridgehead atoms. The lowest BCUT2D eigenvalue weighted by Gasteiger charge is -2.13. The fourth-order valence-electron chi connectivity index (χ4n) is 2.47. The Hall–Kier alpha value is -2.02. The van der Waals surface area contributed by atoms with Crippen molar-refractivity contribution in [3.8, 4) is 0 Å². The summed E-state index contributed by atoms with van der Waals surface area (Å²) in [4.78, 5) is 38.6.